The molecule has 0 spiro atoms. The van der Waals surface area contributed by atoms with E-state index in [9.17, 15) is 4.79 Å². The Morgan fingerprint density at radius 2 is 1.50 bits per heavy atom. The molecule has 24 heavy (non-hydrogen) atoms. The fourth-order valence-corrected chi connectivity index (χ4v) is 2.84. The molecule has 3 aromatic carbocycles. The van der Waals surface area contributed by atoms with Crippen LogP contribution in [0.4, 0.5) is 5.69 Å². The maximum absolute atomic E-state index is 12.4. The van der Waals surface area contributed by atoms with E-state index in [2.05, 4.69) is 30.3 Å². The second-order valence-electron chi connectivity index (χ2n) is 6.14. The van der Waals surface area contributed by atoms with Gasteiger partial charge in [-0.25, -0.2) is 0 Å². The predicted molar refractivity (Wildman–Crippen MR) is 100 cm³/mol. The number of rotatable bonds is 5. The lowest BCUT2D eigenvalue weighted by Crippen LogP contribution is -2.36. The van der Waals surface area contributed by atoms with Crippen LogP contribution >= 0.6 is 0 Å². The van der Waals surface area contributed by atoms with Crippen LogP contribution in [-0.4, -0.2) is 31.4 Å². The Kier molecular flexibility index (Phi) is 4.92. The third kappa shape index (κ3) is 3.81. The SMILES string of the molecule is CN(CC(=O)N(C)c1ccccc1)Cc1ccc2ccccc2c1. The highest BCUT2D eigenvalue weighted by atomic mass is 16.2. The van der Waals surface area contributed by atoms with Gasteiger partial charge in [-0.15, -0.1) is 0 Å². The van der Waals surface area contributed by atoms with Crippen molar-refractivity contribution in [1.82, 2.24) is 4.90 Å². The van der Waals surface area contributed by atoms with E-state index >= 15 is 0 Å². The summed E-state index contributed by atoms with van der Waals surface area (Å²) in [4.78, 5) is 16.2. The molecule has 0 aliphatic carbocycles. The number of para-hydroxylation sites is 1. The van der Waals surface area contributed by atoms with Crippen LogP contribution in [0.15, 0.2) is 72.8 Å². The van der Waals surface area contributed by atoms with Crippen molar-refractivity contribution in [2.75, 3.05) is 25.5 Å². The van der Waals surface area contributed by atoms with Crippen LogP contribution in [-0.2, 0) is 11.3 Å². The molecule has 0 radical (unpaired) electrons. The van der Waals surface area contributed by atoms with E-state index in [0.717, 1.165) is 12.2 Å². The van der Waals surface area contributed by atoms with E-state index in [1.54, 1.807) is 4.90 Å². The van der Waals surface area contributed by atoms with Gasteiger partial charge in [-0.3, -0.25) is 9.69 Å². The first-order valence-electron chi connectivity index (χ1n) is 8.11. The van der Waals surface area contributed by atoms with Gasteiger partial charge in [0.15, 0.2) is 0 Å². The molecule has 0 saturated heterocycles. The normalized spacial score (nSPS) is 11.0. The van der Waals surface area contributed by atoms with Crippen molar-refractivity contribution in [3.05, 3.63) is 78.4 Å². The Balaban J connectivity index is 1.63. The number of fused-ring (bicyclic) bond motifs is 1. The number of amides is 1. The number of nitrogens with zero attached hydrogens (tertiary/aromatic N) is 2. The Labute approximate surface area is 143 Å². The fraction of sp³-hybridized carbons (Fsp3) is 0.190. The predicted octanol–water partition coefficient (Wildman–Crippen LogP) is 3.93. The largest absolute Gasteiger partial charge is 0.314 e. The Hall–Kier alpha value is -2.65. The zero-order valence-electron chi connectivity index (χ0n) is 14.1. The Morgan fingerprint density at radius 1 is 0.833 bits per heavy atom. The van der Waals surface area contributed by atoms with Gasteiger partial charge in [0.2, 0.25) is 5.91 Å². The molecule has 0 aromatic heterocycles. The summed E-state index contributed by atoms with van der Waals surface area (Å²) in [7, 11) is 3.80. The number of benzene rings is 3. The Morgan fingerprint density at radius 3 is 2.25 bits per heavy atom. The molecule has 3 nitrogen and oxygen atoms in total. The fourth-order valence-electron chi connectivity index (χ4n) is 2.84. The maximum atomic E-state index is 12.4. The smallest absolute Gasteiger partial charge is 0.240 e. The summed E-state index contributed by atoms with van der Waals surface area (Å²) in [5.41, 5.74) is 2.13. The van der Waals surface area contributed by atoms with Crippen molar-refractivity contribution in [2.45, 2.75) is 6.54 Å². The lowest BCUT2D eigenvalue weighted by atomic mass is 10.1. The van der Waals surface area contributed by atoms with Gasteiger partial charge in [0.25, 0.3) is 0 Å². The first kappa shape index (κ1) is 16.2. The first-order chi connectivity index (χ1) is 11.6. The molecule has 0 aliphatic rings. The lowest BCUT2D eigenvalue weighted by molar-refractivity contribution is -0.119. The summed E-state index contributed by atoms with van der Waals surface area (Å²) in [6.45, 7) is 1.14. The third-order valence-corrected chi connectivity index (χ3v) is 4.19. The topological polar surface area (TPSA) is 23.6 Å². The summed E-state index contributed by atoms with van der Waals surface area (Å²) < 4.78 is 0. The molecule has 3 heteroatoms. The van der Waals surface area contributed by atoms with Gasteiger partial charge in [-0.1, -0.05) is 54.6 Å². The molecule has 3 aromatic rings. The van der Waals surface area contributed by atoms with Crippen molar-refractivity contribution in [2.24, 2.45) is 0 Å². The highest BCUT2D eigenvalue weighted by Crippen LogP contribution is 2.17. The van der Waals surface area contributed by atoms with Crippen molar-refractivity contribution in [3.63, 3.8) is 0 Å². The molecule has 1 amide bonds. The minimum absolute atomic E-state index is 0.0875. The van der Waals surface area contributed by atoms with E-state index in [1.165, 1.54) is 16.3 Å². The molecule has 0 saturated carbocycles. The zero-order chi connectivity index (χ0) is 16.9. The van der Waals surface area contributed by atoms with Crippen LogP contribution in [0, 0.1) is 0 Å². The minimum atomic E-state index is 0.0875. The summed E-state index contributed by atoms with van der Waals surface area (Å²) >= 11 is 0. The molecule has 0 N–H and O–H groups in total. The van der Waals surface area contributed by atoms with Crippen LogP contribution in [0.2, 0.25) is 0 Å². The summed E-state index contributed by atoms with van der Waals surface area (Å²) in [6.07, 6.45) is 0. The van der Waals surface area contributed by atoms with Gasteiger partial charge in [-0.2, -0.15) is 0 Å². The van der Waals surface area contributed by atoms with Crippen LogP contribution in [0.1, 0.15) is 5.56 Å². The van der Waals surface area contributed by atoms with E-state index in [1.807, 2.05) is 61.5 Å². The summed E-state index contributed by atoms with van der Waals surface area (Å²) in [6, 6.07) is 24.5. The molecule has 0 heterocycles. The van der Waals surface area contributed by atoms with Crippen molar-refractivity contribution in [3.8, 4) is 0 Å². The number of anilines is 1. The number of hydrogen-bond acceptors (Lipinski definition) is 2. The van der Waals surface area contributed by atoms with Gasteiger partial charge in [-0.05, 0) is 41.6 Å². The van der Waals surface area contributed by atoms with E-state index in [-0.39, 0.29) is 5.91 Å². The quantitative estimate of drug-likeness (QED) is 0.711. The standard InChI is InChI=1S/C21H22N2O/c1-22(16-21(24)23(2)20-10-4-3-5-11-20)15-17-12-13-18-8-6-7-9-19(18)14-17/h3-14H,15-16H2,1-2H3. The van der Waals surface area contributed by atoms with Crippen LogP contribution in [0.25, 0.3) is 10.8 Å². The molecular weight excluding hydrogens is 296 g/mol. The van der Waals surface area contributed by atoms with Crippen LogP contribution in [0.5, 0.6) is 0 Å². The number of likely N-dealkylation sites (N-methyl/N-ethyl adjacent to an activating group) is 2. The minimum Gasteiger partial charge on any atom is -0.314 e. The van der Waals surface area contributed by atoms with Crippen LogP contribution in [0.3, 0.4) is 0 Å². The molecule has 0 aliphatic heterocycles. The second kappa shape index (κ2) is 7.28. The highest BCUT2D eigenvalue weighted by molar-refractivity contribution is 5.94. The monoisotopic (exact) mass is 318 g/mol. The molecule has 0 fully saturated rings. The molecule has 0 atom stereocenters. The van der Waals surface area contributed by atoms with Gasteiger partial charge in [0, 0.05) is 19.3 Å². The van der Waals surface area contributed by atoms with E-state index in [4.69, 9.17) is 0 Å². The number of carbonyl (C=O) groups excluding carboxylic acids is 1. The van der Waals surface area contributed by atoms with Crippen molar-refractivity contribution >= 4 is 22.4 Å². The first-order valence-corrected chi connectivity index (χ1v) is 8.11. The summed E-state index contributed by atoms with van der Waals surface area (Å²) in [5, 5.41) is 2.47. The zero-order valence-corrected chi connectivity index (χ0v) is 14.1. The van der Waals surface area contributed by atoms with Crippen LogP contribution < -0.4 is 4.90 Å². The molecular formula is C21H22N2O. The molecule has 122 valence electrons. The number of hydrogen-bond donors (Lipinski definition) is 0. The third-order valence-electron chi connectivity index (χ3n) is 4.19. The molecule has 0 bridgehead atoms. The van der Waals surface area contributed by atoms with E-state index in [0.29, 0.717) is 6.54 Å². The van der Waals surface area contributed by atoms with Gasteiger partial charge >= 0.3 is 0 Å². The molecule has 3 rings (SSSR count). The van der Waals surface area contributed by atoms with Crippen molar-refractivity contribution in [1.29, 1.82) is 0 Å². The Bertz CT molecular complexity index is 829. The number of carbonyl (C=O) groups is 1. The van der Waals surface area contributed by atoms with Crippen molar-refractivity contribution < 1.29 is 4.79 Å². The summed E-state index contributed by atoms with van der Waals surface area (Å²) in [5.74, 6) is 0.0875. The van der Waals surface area contributed by atoms with Gasteiger partial charge in [0.05, 0.1) is 6.54 Å². The van der Waals surface area contributed by atoms with Gasteiger partial charge in [0.1, 0.15) is 0 Å². The van der Waals surface area contributed by atoms with E-state index < -0.39 is 0 Å². The average Bonchev–Trinajstić information content (AvgIpc) is 2.61. The highest BCUT2D eigenvalue weighted by Gasteiger charge is 2.13. The average molecular weight is 318 g/mol. The second-order valence-corrected chi connectivity index (χ2v) is 6.14. The lowest BCUT2D eigenvalue weighted by Gasteiger charge is -2.22. The van der Waals surface area contributed by atoms with Gasteiger partial charge < -0.3 is 4.90 Å². The molecule has 0 unspecified atom stereocenters. The maximum Gasteiger partial charge on any atom is 0.240 e.